The van der Waals surface area contributed by atoms with Gasteiger partial charge in [-0.25, -0.2) is 0 Å². The molecule has 0 fully saturated rings. The minimum atomic E-state index is -0.662. The van der Waals surface area contributed by atoms with Crippen LogP contribution in [0.2, 0.25) is 0 Å². The largest absolute Gasteiger partial charge is 0.466 e. The van der Waals surface area contributed by atoms with Gasteiger partial charge in [0.15, 0.2) is 0 Å². The van der Waals surface area contributed by atoms with E-state index < -0.39 is 12.1 Å². The first-order valence-electron chi connectivity index (χ1n) is 42.4. The van der Waals surface area contributed by atoms with Gasteiger partial charge >= 0.3 is 5.97 Å². The number of unbranched alkanes of at least 4 members (excludes halogenated alkanes) is 68. The zero-order valence-corrected chi connectivity index (χ0v) is 62.4. The van der Waals surface area contributed by atoms with Crippen LogP contribution < -0.4 is 5.32 Å². The lowest BCUT2D eigenvalue weighted by Gasteiger charge is -2.22. The average Bonchev–Trinajstić information content (AvgIpc) is 3.75. The Bertz CT molecular complexity index is 1380. The molecule has 0 aromatic carbocycles. The van der Waals surface area contributed by atoms with Gasteiger partial charge in [-0.15, -0.1) is 0 Å². The van der Waals surface area contributed by atoms with Crippen LogP contribution in [0.15, 0.2) is 12.2 Å². The Balaban J connectivity index is 3.33. The normalized spacial score (nSPS) is 12.4. The summed E-state index contributed by atoms with van der Waals surface area (Å²) < 4.78 is 5.48. The van der Waals surface area contributed by atoms with Crippen LogP contribution in [-0.2, 0) is 14.3 Å². The second kappa shape index (κ2) is 81.0. The number of hydrogen-bond acceptors (Lipinski definition) is 5. The quantitative estimate of drug-likeness (QED) is 0.0320. The van der Waals surface area contributed by atoms with Gasteiger partial charge in [-0.2, -0.15) is 0 Å². The van der Waals surface area contributed by atoms with Crippen LogP contribution in [0.5, 0.6) is 0 Å². The zero-order valence-electron chi connectivity index (χ0n) is 62.4. The molecular weight excluding hydrogens is 1110 g/mol. The van der Waals surface area contributed by atoms with E-state index in [-0.39, 0.29) is 18.5 Å². The Kier molecular flexibility index (Phi) is 79.8. The van der Waals surface area contributed by atoms with Crippen molar-refractivity contribution in [2.75, 3.05) is 13.2 Å². The van der Waals surface area contributed by atoms with Gasteiger partial charge in [0.1, 0.15) is 0 Å². The summed E-state index contributed by atoms with van der Waals surface area (Å²) in [6, 6.07) is -0.539. The molecule has 0 spiro atoms. The highest BCUT2D eigenvalue weighted by atomic mass is 16.5. The van der Waals surface area contributed by atoms with Crippen molar-refractivity contribution in [3.05, 3.63) is 12.2 Å². The van der Waals surface area contributed by atoms with E-state index in [1.165, 1.54) is 424 Å². The zero-order chi connectivity index (χ0) is 65.6. The summed E-state index contributed by atoms with van der Waals surface area (Å²) in [6.07, 6.45) is 103. The van der Waals surface area contributed by atoms with E-state index in [2.05, 4.69) is 31.3 Å². The van der Waals surface area contributed by atoms with Gasteiger partial charge in [-0.05, 0) is 51.4 Å². The van der Waals surface area contributed by atoms with Crippen molar-refractivity contribution >= 4 is 11.9 Å². The smallest absolute Gasteiger partial charge is 0.305 e. The molecule has 0 rings (SSSR count). The van der Waals surface area contributed by atoms with E-state index in [0.29, 0.717) is 25.9 Å². The topological polar surface area (TPSA) is 95.9 Å². The van der Waals surface area contributed by atoms with Gasteiger partial charge < -0.3 is 20.3 Å². The molecule has 1 amide bonds. The van der Waals surface area contributed by atoms with Crippen molar-refractivity contribution in [2.24, 2.45) is 0 Å². The van der Waals surface area contributed by atoms with Gasteiger partial charge in [-0.1, -0.05) is 443 Å². The van der Waals surface area contributed by atoms with Crippen LogP contribution in [0.4, 0.5) is 0 Å². The third kappa shape index (κ3) is 77.5. The number of amides is 1. The van der Waals surface area contributed by atoms with Crippen LogP contribution in [0.25, 0.3) is 0 Å². The molecule has 0 aliphatic heterocycles. The molecule has 0 bridgehead atoms. The van der Waals surface area contributed by atoms with Gasteiger partial charge in [0.25, 0.3) is 0 Å². The average molecular weight is 1280 g/mol. The molecule has 6 nitrogen and oxygen atoms in total. The molecule has 542 valence electrons. The van der Waals surface area contributed by atoms with Crippen LogP contribution in [-0.4, -0.2) is 47.4 Å². The molecule has 6 heteroatoms. The SMILES string of the molecule is CCCCCCCCCCCCCCCCCCCCCCCCCCC(O)C(CO)NC(=O)CCCCCCCCCCCCCCCCCCC/C=C\CCCCCCCCCCCCCCCCCCCCOC(=O)CCCCCCCCCCCCC. The molecule has 3 N–H and O–H groups in total. The molecule has 0 aliphatic carbocycles. The Morgan fingerprint density at radius 3 is 0.780 bits per heavy atom. The first kappa shape index (κ1) is 89.6. The molecule has 0 saturated heterocycles. The third-order valence-electron chi connectivity index (χ3n) is 20.3. The second-order valence-electron chi connectivity index (χ2n) is 29.5. The third-order valence-corrected chi connectivity index (χ3v) is 20.3. The van der Waals surface area contributed by atoms with Crippen LogP contribution in [0.1, 0.15) is 495 Å². The minimum absolute atomic E-state index is 0.0234. The fraction of sp³-hybridized carbons (Fsp3) is 0.953. The van der Waals surface area contributed by atoms with E-state index in [9.17, 15) is 19.8 Å². The first-order chi connectivity index (χ1) is 45.0. The van der Waals surface area contributed by atoms with E-state index >= 15 is 0 Å². The van der Waals surface area contributed by atoms with Gasteiger partial charge in [0.05, 0.1) is 25.4 Å². The van der Waals surface area contributed by atoms with Crippen molar-refractivity contribution in [1.29, 1.82) is 0 Å². The number of aliphatic hydroxyl groups excluding tert-OH is 2. The number of carbonyl (C=O) groups excluding carboxylic acids is 2. The van der Waals surface area contributed by atoms with Crippen molar-refractivity contribution in [3.8, 4) is 0 Å². The number of nitrogens with one attached hydrogen (secondary N) is 1. The highest BCUT2D eigenvalue weighted by Crippen LogP contribution is 2.21. The molecule has 0 aromatic heterocycles. The monoisotopic (exact) mass is 1280 g/mol. The highest BCUT2D eigenvalue weighted by Gasteiger charge is 2.20. The molecule has 0 aromatic rings. The van der Waals surface area contributed by atoms with E-state index in [1.54, 1.807) is 0 Å². The summed E-state index contributed by atoms with van der Waals surface area (Å²) in [6.45, 7) is 5.01. The van der Waals surface area contributed by atoms with Crippen LogP contribution in [0, 0.1) is 0 Å². The summed E-state index contributed by atoms with van der Waals surface area (Å²) in [5.74, 6) is -0.000693. The van der Waals surface area contributed by atoms with Gasteiger partial charge in [-0.3, -0.25) is 9.59 Å². The number of aliphatic hydroxyl groups is 2. The lowest BCUT2D eigenvalue weighted by atomic mass is 10.0. The maximum Gasteiger partial charge on any atom is 0.305 e. The molecule has 0 radical (unpaired) electrons. The number of hydrogen-bond donors (Lipinski definition) is 3. The van der Waals surface area contributed by atoms with Crippen molar-refractivity contribution in [2.45, 2.75) is 508 Å². The fourth-order valence-electron chi connectivity index (χ4n) is 13.9. The Labute approximate surface area is 571 Å². The molecule has 2 unspecified atom stereocenters. The van der Waals surface area contributed by atoms with E-state index in [0.717, 1.165) is 38.5 Å². The number of esters is 1. The van der Waals surface area contributed by atoms with Gasteiger partial charge in [0, 0.05) is 12.8 Å². The highest BCUT2D eigenvalue weighted by molar-refractivity contribution is 5.76. The lowest BCUT2D eigenvalue weighted by molar-refractivity contribution is -0.143. The Morgan fingerprint density at radius 1 is 0.297 bits per heavy atom. The number of ether oxygens (including phenoxy) is 1. The maximum atomic E-state index is 12.6. The predicted molar refractivity (Wildman–Crippen MR) is 403 cm³/mol. The van der Waals surface area contributed by atoms with Crippen LogP contribution >= 0.6 is 0 Å². The molecule has 91 heavy (non-hydrogen) atoms. The number of rotatable bonds is 81. The summed E-state index contributed by atoms with van der Waals surface area (Å²) in [5.41, 5.74) is 0. The van der Waals surface area contributed by atoms with Gasteiger partial charge in [0.2, 0.25) is 5.91 Å². The molecule has 0 heterocycles. The lowest BCUT2D eigenvalue weighted by Crippen LogP contribution is -2.45. The Hall–Kier alpha value is -1.40. The van der Waals surface area contributed by atoms with E-state index in [1.807, 2.05) is 0 Å². The van der Waals surface area contributed by atoms with Crippen LogP contribution in [0.3, 0.4) is 0 Å². The number of carbonyl (C=O) groups is 2. The maximum absolute atomic E-state index is 12.6. The fourth-order valence-corrected chi connectivity index (χ4v) is 13.9. The summed E-state index contributed by atoms with van der Waals surface area (Å²) >= 11 is 0. The summed E-state index contributed by atoms with van der Waals surface area (Å²) in [7, 11) is 0. The van der Waals surface area contributed by atoms with Crippen molar-refractivity contribution < 1.29 is 24.5 Å². The second-order valence-corrected chi connectivity index (χ2v) is 29.5. The van der Waals surface area contributed by atoms with Crippen molar-refractivity contribution in [1.82, 2.24) is 5.32 Å². The molecule has 0 aliphatic rings. The van der Waals surface area contributed by atoms with Crippen molar-refractivity contribution in [3.63, 3.8) is 0 Å². The predicted octanol–water partition coefficient (Wildman–Crippen LogP) is 28.2. The minimum Gasteiger partial charge on any atom is -0.466 e. The molecule has 0 saturated carbocycles. The summed E-state index contributed by atoms with van der Waals surface area (Å²) in [4.78, 5) is 24.6. The van der Waals surface area contributed by atoms with E-state index in [4.69, 9.17) is 4.74 Å². The Morgan fingerprint density at radius 2 is 0.516 bits per heavy atom. The molecule has 2 atom stereocenters. The summed E-state index contributed by atoms with van der Waals surface area (Å²) in [5, 5.41) is 23.5. The molecular formula is C85H167NO5. The standard InChI is InChI=1S/C85H167NO5/c1-3-5-7-9-11-13-15-16-17-18-19-20-21-39-42-45-48-51-54-58-61-65-69-73-77-83(88)82(81-87)86-84(89)78-74-70-66-62-59-55-52-49-46-43-40-37-35-33-31-29-27-25-23-22-24-26-28-30-32-34-36-38-41-44-47-50-53-56-60-64-68-72-76-80-91-85(90)79-75-71-67-63-57-14-12-10-8-6-4-2/h22-23,82-83,87-88H,3-21,24-81H2,1-2H3,(H,86,89)/b23-22-. The first-order valence-corrected chi connectivity index (χ1v) is 42.4. The number of allylic oxidation sites excluding steroid dienone is 2.